The van der Waals surface area contributed by atoms with Gasteiger partial charge >= 0.3 is 0 Å². The summed E-state index contributed by atoms with van der Waals surface area (Å²) in [6, 6.07) is 1.37. The highest BCUT2D eigenvalue weighted by Crippen LogP contribution is 2.22. The smallest absolute Gasteiger partial charge is 0.242 e. The van der Waals surface area contributed by atoms with Gasteiger partial charge in [-0.1, -0.05) is 11.6 Å². The van der Waals surface area contributed by atoms with Crippen LogP contribution in [0.2, 0.25) is 5.02 Å². The van der Waals surface area contributed by atoms with Crippen LogP contribution in [0.5, 0.6) is 0 Å². The number of rotatable bonds is 6. The molecular formula is C11H14ClN5O2S. The van der Waals surface area contributed by atoms with Gasteiger partial charge in [-0.05, 0) is 13.0 Å². The monoisotopic (exact) mass is 315 g/mol. The standard InChI is InChI=1S/C11H14ClN5O2S/c1-2-13-11-10(12)3-9(7-14-11)20(18,19)17-6-8-4-15-16-5-8/h3-5,7,17H,2,6H2,1H3,(H,13,14)(H,15,16). The van der Waals surface area contributed by atoms with Crippen molar-refractivity contribution in [3.05, 3.63) is 35.2 Å². The average Bonchev–Trinajstić information content (AvgIpc) is 2.92. The lowest BCUT2D eigenvalue weighted by Crippen LogP contribution is -2.23. The lowest BCUT2D eigenvalue weighted by Gasteiger charge is -2.08. The van der Waals surface area contributed by atoms with Gasteiger partial charge in [0.1, 0.15) is 10.7 Å². The first-order valence-electron chi connectivity index (χ1n) is 5.89. The second kappa shape index (κ2) is 6.21. The Labute approximate surface area is 121 Å². The van der Waals surface area contributed by atoms with Crippen molar-refractivity contribution in [2.24, 2.45) is 0 Å². The number of aromatic nitrogens is 3. The zero-order valence-electron chi connectivity index (χ0n) is 10.7. The van der Waals surface area contributed by atoms with Gasteiger partial charge in [0, 0.05) is 31.0 Å². The fourth-order valence-corrected chi connectivity index (χ4v) is 2.79. The molecule has 0 amide bonds. The Bertz CT molecular complexity index is 672. The molecule has 2 heterocycles. The molecule has 0 saturated heterocycles. The summed E-state index contributed by atoms with van der Waals surface area (Å²) >= 11 is 5.98. The third-order valence-electron chi connectivity index (χ3n) is 2.49. The van der Waals surface area contributed by atoms with Gasteiger partial charge < -0.3 is 5.32 Å². The Balaban J connectivity index is 2.14. The van der Waals surface area contributed by atoms with E-state index in [1.54, 1.807) is 12.4 Å². The molecule has 7 nitrogen and oxygen atoms in total. The van der Waals surface area contributed by atoms with Crippen LogP contribution in [-0.4, -0.2) is 30.1 Å². The molecule has 0 aromatic carbocycles. The summed E-state index contributed by atoms with van der Waals surface area (Å²) in [6.45, 7) is 2.69. The summed E-state index contributed by atoms with van der Waals surface area (Å²) in [5.41, 5.74) is 0.733. The maximum atomic E-state index is 12.1. The zero-order chi connectivity index (χ0) is 14.6. The number of nitrogens with zero attached hydrogens (tertiary/aromatic N) is 2. The van der Waals surface area contributed by atoms with E-state index in [0.717, 1.165) is 5.56 Å². The average molecular weight is 316 g/mol. The van der Waals surface area contributed by atoms with Crippen LogP contribution in [0.4, 0.5) is 5.82 Å². The molecular weight excluding hydrogens is 302 g/mol. The van der Waals surface area contributed by atoms with Crippen molar-refractivity contribution in [1.29, 1.82) is 0 Å². The second-order valence-electron chi connectivity index (χ2n) is 3.96. The molecule has 0 saturated carbocycles. The van der Waals surface area contributed by atoms with Crippen molar-refractivity contribution in [2.75, 3.05) is 11.9 Å². The minimum atomic E-state index is -3.66. The number of nitrogens with one attached hydrogen (secondary N) is 3. The van der Waals surface area contributed by atoms with Crippen molar-refractivity contribution in [3.8, 4) is 0 Å². The van der Waals surface area contributed by atoms with Crippen LogP contribution in [-0.2, 0) is 16.6 Å². The molecule has 0 aliphatic carbocycles. The largest absolute Gasteiger partial charge is 0.369 e. The lowest BCUT2D eigenvalue weighted by molar-refractivity contribution is 0.581. The van der Waals surface area contributed by atoms with E-state index >= 15 is 0 Å². The molecule has 2 aromatic rings. The Morgan fingerprint density at radius 3 is 2.80 bits per heavy atom. The highest BCUT2D eigenvalue weighted by atomic mass is 35.5. The van der Waals surface area contributed by atoms with Gasteiger partial charge in [-0.3, -0.25) is 5.10 Å². The van der Waals surface area contributed by atoms with Gasteiger partial charge in [0.2, 0.25) is 10.0 Å². The minimum absolute atomic E-state index is 0.0210. The molecule has 0 aliphatic heterocycles. The number of hydrogen-bond donors (Lipinski definition) is 3. The van der Waals surface area contributed by atoms with Crippen molar-refractivity contribution < 1.29 is 8.42 Å². The zero-order valence-corrected chi connectivity index (χ0v) is 12.3. The number of anilines is 1. The molecule has 108 valence electrons. The molecule has 0 unspecified atom stereocenters. The van der Waals surface area contributed by atoms with E-state index in [1.165, 1.54) is 12.3 Å². The second-order valence-corrected chi connectivity index (χ2v) is 6.14. The molecule has 0 fully saturated rings. The van der Waals surface area contributed by atoms with Gasteiger partial charge in [0.15, 0.2) is 0 Å². The first-order valence-corrected chi connectivity index (χ1v) is 7.76. The van der Waals surface area contributed by atoms with Crippen LogP contribution >= 0.6 is 11.6 Å². The van der Waals surface area contributed by atoms with E-state index in [9.17, 15) is 8.42 Å². The quantitative estimate of drug-likeness (QED) is 0.747. The van der Waals surface area contributed by atoms with Crippen molar-refractivity contribution in [3.63, 3.8) is 0 Å². The predicted molar refractivity (Wildman–Crippen MR) is 76.0 cm³/mol. The van der Waals surface area contributed by atoms with Crippen LogP contribution in [0, 0.1) is 0 Å². The van der Waals surface area contributed by atoms with Crippen LogP contribution in [0.15, 0.2) is 29.6 Å². The number of pyridine rings is 1. The van der Waals surface area contributed by atoms with E-state index in [0.29, 0.717) is 12.4 Å². The lowest BCUT2D eigenvalue weighted by atomic mass is 10.4. The molecule has 0 spiro atoms. The van der Waals surface area contributed by atoms with Crippen LogP contribution in [0.3, 0.4) is 0 Å². The highest BCUT2D eigenvalue weighted by molar-refractivity contribution is 7.89. The maximum absolute atomic E-state index is 12.1. The Kier molecular flexibility index (Phi) is 4.58. The molecule has 2 aromatic heterocycles. The van der Waals surface area contributed by atoms with Crippen LogP contribution in [0.25, 0.3) is 0 Å². The topological polar surface area (TPSA) is 99.8 Å². The van der Waals surface area contributed by atoms with Crippen LogP contribution in [0.1, 0.15) is 12.5 Å². The summed E-state index contributed by atoms with van der Waals surface area (Å²) in [7, 11) is -3.66. The summed E-state index contributed by atoms with van der Waals surface area (Å²) in [6.07, 6.45) is 4.42. The fourth-order valence-electron chi connectivity index (χ4n) is 1.50. The predicted octanol–water partition coefficient (Wildman–Crippen LogP) is 1.37. The molecule has 0 aliphatic rings. The van der Waals surface area contributed by atoms with E-state index in [4.69, 9.17) is 11.6 Å². The van der Waals surface area contributed by atoms with Gasteiger partial charge in [0.05, 0.1) is 11.2 Å². The summed E-state index contributed by atoms with van der Waals surface area (Å²) < 4.78 is 26.6. The minimum Gasteiger partial charge on any atom is -0.369 e. The molecule has 9 heteroatoms. The summed E-state index contributed by atoms with van der Waals surface area (Å²) in [5, 5.41) is 9.55. The normalized spacial score (nSPS) is 11.5. The Hall–Kier alpha value is -1.64. The molecule has 0 radical (unpaired) electrons. The third-order valence-corrected chi connectivity index (χ3v) is 4.15. The number of H-pyrrole nitrogens is 1. The SMILES string of the molecule is CCNc1ncc(S(=O)(=O)NCc2cn[nH]c2)cc1Cl. The Morgan fingerprint density at radius 2 is 2.20 bits per heavy atom. The molecule has 0 bridgehead atoms. The molecule has 2 rings (SSSR count). The maximum Gasteiger partial charge on any atom is 0.242 e. The molecule has 0 atom stereocenters. The Morgan fingerprint density at radius 1 is 1.40 bits per heavy atom. The first kappa shape index (κ1) is 14.8. The fraction of sp³-hybridized carbons (Fsp3) is 0.273. The first-order chi connectivity index (χ1) is 9.53. The number of hydrogen-bond acceptors (Lipinski definition) is 5. The van der Waals surface area contributed by atoms with Crippen molar-refractivity contribution in [2.45, 2.75) is 18.4 Å². The van der Waals surface area contributed by atoms with Gasteiger partial charge in [-0.15, -0.1) is 0 Å². The number of halogens is 1. The summed E-state index contributed by atoms with van der Waals surface area (Å²) in [4.78, 5) is 4.02. The number of sulfonamides is 1. The number of aromatic amines is 1. The van der Waals surface area contributed by atoms with Gasteiger partial charge in [-0.25, -0.2) is 18.1 Å². The van der Waals surface area contributed by atoms with E-state index in [-0.39, 0.29) is 16.5 Å². The van der Waals surface area contributed by atoms with Crippen molar-refractivity contribution in [1.82, 2.24) is 19.9 Å². The van der Waals surface area contributed by atoms with Crippen molar-refractivity contribution >= 4 is 27.4 Å². The molecule has 3 N–H and O–H groups in total. The van der Waals surface area contributed by atoms with Crippen LogP contribution < -0.4 is 10.0 Å². The van der Waals surface area contributed by atoms with E-state index in [2.05, 4.69) is 25.2 Å². The van der Waals surface area contributed by atoms with E-state index < -0.39 is 10.0 Å². The summed E-state index contributed by atoms with van der Waals surface area (Å²) in [5.74, 6) is 0.461. The van der Waals surface area contributed by atoms with Gasteiger partial charge in [0.25, 0.3) is 0 Å². The van der Waals surface area contributed by atoms with E-state index in [1.807, 2.05) is 6.92 Å². The third kappa shape index (κ3) is 3.47. The van der Waals surface area contributed by atoms with Gasteiger partial charge in [-0.2, -0.15) is 5.10 Å². The molecule has 20 heavy (non-hydrogen) atoms. The highest BCUT2D eigenvalue weighted by Gasteiger charge is 2.16.